The zero-order valence-corrected chi connectivity index (χ0v) is 13.8. The Hall–Kier alpha value is -2.23. The predicted octanol–water partition coefficient (Wildman–Crippen LogP) is 3.53. The summed E-state index contributed by atoms with van der Waals surface area (Å²) < 4.78 is 5.37. The predicted molar refractivity (Wildman–Crippen MR) is 93.4 cm³/mol. The smallest absolute Gasteiger partial charge is 0.191 e. The molecule has 1 aliphatic rings. The van der Waals surface area contributed by atoms with Crippen molar-refractivity contribution in [3.05, 3.63) is 60.1 Å². The van der Waals surface area contributed by atoms with Crippen LogP contribution in [0, 0.1) is 5.92 Å². The lowest BCUT2D eigenvalue weighted by Crippen LogP contribution is -2.40. The Morgan fingerprint density at radius 3 is 2.70 bits per heavy atom. The van der Waals surface area contributed by atoms with Crippen molar-refractivity contribution in [1.29, 1.82) is 0 Å². The summed E-state index contributed by atoms with van der Waals surface area (Å²) in [5.41, 5.74) is 1.26. The molecular formula is C19H25N3O. The average Bonchev–Trinajstić information content (AvgIpc) is 3.02. The van der Waals surface area contributed by atoms with Gasteiger partial charge in [-0.25, -0.2) is 0 Å². The molecule has 1 saturated carbocycles. The Labute approximate surface area is 138 Å². The summed E-state index contributed by atoms with van der Waals surface area (Å²) in [5.74, 6) is 2.60. The second kappa shape index (κ2) is 7.36. The molecule has 2 aromatic rings. The molecule has 0 radical (unpaired) electrons. The molecule has 1 heterocycles. The van der Waals surface area contributed by atoms with Crippen LogP contribution in [0.15, 0.2) is 58.1 Å². The van der Waals surface area contributed by atoms with Crippen molar-refractivity contribution in [3.63, 3.8) is 0 Å². The number of furan rings is 1. The van der Waals surface area contributed by atoms with Crippen molar-refractivity contribution >= 4 is 5.96 Å². The van der Waals surface area contributed by atoms with Crippen LogP contribution in [0.1, 0.15) is 37.6 Å². The molecule has 4 nitrogen and oxygen atoms in total. The van der Waals surface area contributed by atoms with Crippen molar-refractivity contribution in [2.75, 3.05) is 6.54 Å². The molecule has 122 valence electrons. The maximum atomic E-state index is 5.37. The molecule has 3 atom stereocenters. The van der Waals surface area contributed by atoms with Gasteiger partial charge in [0.25, 0.3) is 0 Å². The molecule has 0 bridgehead atoms. The topological polar surface area (TPSA) is 49.6 Å². The van der Waals surface area contributed by atoms with Crippen LogP contribution in [-0.4, -0.2) is 18.5 Å². The van der Waals surface area contributed by atoms with Crippen LogP contribution < -0.4 is 10.6 Å². The lowest BCUT2D eigenvalue weighted by Gasteiger charge is -2.18. The van der Waals surface area contributed by atoms with E-state index < -0.39 is 0 Å². The van der Waals surface area contributed by atoms with Gasteiger partial charge >= 0.3 is 0 Å². The molecule has 0 aliphatic heterocycles. The van der Waals surface area contributed by atoms with E-state index in [1.54, 1.807) is 6.26 Å². The van der Waals surface area contributed by atoms with Crippen molar-refractivity contribution in [2.24, 2.45) is 10.9 Å². The normalized spacial score (nSPS) is 21.7. The fourth-order valence-corrected chi connectivity index (χ4v) is 2.59. The van der Waals surface area contributed by atoms with Gasteiger partial charge in [0.2, 0.25) is 0 Å². The van der Waals surface area contributed by atoms with E-state index in [9.17, 15) is 0 Å². The first-order valence-electron chi connectivity index (χ1n) is 8.37. The highest BCUT2D eigenvalue weighted by Crippen LogP contribution is 2.28. The van der Waals surface area contributed by atoms with Crippen LogP contribution in [0.2, 0.25) is 0 Å². The van der Waals surface area contributed by atoms with Gasteiger partial charge in [-0.2, -0.15) is 0 Å². The molecule has 0 amide bonds. The van der Waals surface area contributed by atoms with Gasteiger partial charge in [0.05, 0.1) is 12.3 Å². The molecule has 23 heavy (non-hydrogen) atoms. The van der Waals surface area contributed by atoms with Crippen LogP contribution in [0.5, 0.6) is 0 Å². The molecule has 1 aromatic heterocycles. The van der Waals surface area contributed by atoms with Gasteiger partial charge in [0, 0.05) is 19.0 Å². The van der Waals surface area contributed by atoms with Gasteiger partial charge in [-0.1, -0.05) is 37.3 Å². The van der Waals surface area contributed by atoms with Crippen molar-refractivity contribution in [1.82, 2.24) is 10.6 Å². The van der Waals surface area contributed by atoms with Crippen LogP contribution in [0.3, 0.4) is 0 Å². The second-order valence-electron chi connectivity index (χ2n) is 6.30. The summed E-state index contributed by atoms with van der Waals surface area (Å²) in [6.07, 6.45) is 3.75. The van der Waals surface area contributed by atoms with E-state index in [0.717, 1.165) is 24.1 Å². The van der Waals surface area contributed by atoms with Gasteiger partial charge < -0.3 is 15.1 Å². The number of rotatable bonds is 6. The number of benzene rings is 1. The molecule has 1 aromatic carbocycles. The first-order valence-corrected chi connectivity index (χ1v) is 8.37. The van der Waals surface area contributed by atoms with Gasteiger partial charge in [0.1, 0.15) is 5.76 Å². The van der Waals surface area contributed by atoms with E-state index >= 15 is 0 Å². The third kappa shape index (κ3) is 4.62. The van der Waals surface area contributed by atoms with Crippen molar-refractivity contribution in [2.45, 2.75) is 38.8 Å². The summed E-state index contributed by atoms with van der Waals surface area (Å²) in [6, 6.07) is 15.1. The summed E-state index contributed by atoms with van der Waals surface area (Å²) in [4.78, 5) is 4.71. The summed E-state index contributed by atoms with van der Waals surface area (Å²) >= 11 is 0. The van der Waals surface area contributed by atoms with Gasteiger partial charge in [-0.05, 0) is 37.0 Å². The maximum Gasteiger partial charge on any atom is 0.191 e. The average molecular weight is 311 g/mol. The molecule has 1 fully saturated rings. The quantitative estimate of drug-likeness (QED) is 0.634. The number of guanidine groups is 1. The van der Waals surface area contributed by atoms with E-state index in [1.165, 1.54) is 12.0 Å². The van der Waals surface area contributed by atoms with Crippen LogP contribution in [0.4, 0.5) is 0 Å². The molecular weight excluding hydrogens is 286 g/mol. The first-order chi connectivity index (χ1) is 11.2. The number of nitrogens with zero attached hydrogens (tertiary/aromatic N) is 1. The fourth-order valence-electron chi connectivity index (χ4n) is 2.59. The second-order valence-corrected chi connectivity index (χ2v) is 6.30. The summed E-state index contributed by atoms with van der Waals surface area (Å²) in [5, 5.41) is 7.04. The van der Waals surface area contributed by atoms with Gasteiger partial charge in [-0.15, -0.1) is 0 Å². The van der Waals surface area contributed by atoms with Crippen LogP contribution in [-0.2, 0) is 6.42 Å². The zero-order chi connectivity index (χ0) is 16.1. The van der Waals surface area contributed by atoms with Crippen molar-refractivity contribution < 1.29 is 4.42 Å². The summed E-state index contributed by atoms with van der Waals surface area (Å²) in [7, 11) is 0. The summed E-state index contributed by atoms with van der Waals surface area (Å²) in [6.45, 7) is 5.14. The highest BCUT2D eigenvalue weighted by atomic mass is 16.3. The minimum Gasteiger partial charge on any atom is -0.469 e. The fraction of sp³-hybridized carbons (Fsp3) is 0.421. The monoisotopic (exact) mass is 311 g/mol. The molecule has 3 unspecified atom stereocenters. The Kier molecular flexibility index (Phi) is 5.01. The number of aliphatic imine (C=N–C) groups is 1. The lowest BCUT2D eigenvalue weighted by molar-refractivity contribution is 0.510. The van der Waals surface area contributed by atoms with Crippen LogP contribution >= 0.6 is 0 Å². The lowest BCUT2D eigenvalue weighted by atomic mass is 10.1. The molecule has 0 saturated heterocycles. The van der Waals surface area contributed by atoms with E-state index in [4.69, 9.17) is 9.41 Å². The Bertz CT molecular complexity index is 621. The van der Waals surface area contributed by atoms with Gasteiger partial charge in [0.15, 0.2) is 5.96 Å². The third-order valence-electron chi connectivity index (χ3n) is 4.29. The Morgan fingerprint density at radius 1 is 1.26 bits per heavy atom. The minimum atomic E-state index is 0.222. The standard InChI is InChI=1S/C19H25N3O/c1-14-13-18(14)22-19(20-11-10-17-9-6-12-23-17)21-15(2)16-7-4-3-5-8-16/h3-9,12,14-15,18H,10-11,13H2,1-2H3,(H2,20,21,22). The molecule has 1 aliphatic carbocycles. The van der Waals surface area contributed by atoms with E-state index in [-0.39, 0.29) is 6.04 Å². The molecule has 4 heteroatoms. The number of hydrogen-bond donors (Lipinski definition) is 2. The first kappa shape index (κ1) is 15.7. The SMILES string of the molecule is CC(NC(=NCCc1ccco1)NC1CC1C)c1ccccc1. The number of nitrogens with one attached hydrogen (secondary N) is 2. The highest BCUT2D eigenvalue weighted by Gasteiger charge is 2.33. The Morgan fingerprint density at radius 2 is 2.04 bits per heavy atom. The molecule has 2 N–H and O–H groups in total. The molecule has 3 rings (SSSR count). The van der Waals surface area contributed by atoms with E-state index in [0.29, 0.717) is 12.6 Å². The number of hydrogen-bond acceptors (Lipinski definition) is 2. The Balaban J connectivity index is 1.60. The molecule has 0 spiro atoms. The maximum absolute atomic E-state index is 5.37. The largest absolute Gasteiger partial charge is 0.469 e. The highest BCUT2D eigenvalue weighted by molar-refractivity contribution is 5.81. The van der Waals surface area contributed by atoms with Crippen LogP contribution in [0.25, 0.3) is 0 Å². The van der Waals surface area contributed by atoms with Gasteiger partial charge in [-0.3, -0.25) is 4.99 Å². The zero-order valence-electron chi connectivity index (χ0n) is 13.8. The minimum absolute atomic E-state index is 0.222. The van der Waals surface area contributed by atoms with E-state index in [1.807, 2.05) is 18.2 Å². The third-order valence-corrected chi connectivity index (χ3v) is 4.29. The van der Waals surface area contributed by atoms with E-state index in [2.05, 4.69) is 48.7 Å². The van der Waals surface area contributed by atoms with Crippen molar-refractivity contribution in [3.8, 4) is 0 Å².